The van der Waals surface area contributed by atoms with Gasteiger partial charge >= 0.3 is 0 Å². The fraction of sp³-hybridized carbons (Fsp3) is 0.0500. The maximum Gasteiger partial charge on any atom is 0.158 e. The summed E-state index contributed by atoms with van der Waals surface area (Å²) in [6.45, 7) is 0.642. The Morgan fingerprint density at radius 3 is 2.38 bits per heavy atom. The summed E-state index contributed by atoms with van der Waals surface area (Å²) in [4.78, 5) is 4.47. The van der Waals surface area contributed by atoms with E-state index in [1.807, 2.05) is 59.3 Å². The van der Waals surface area contributed by atoms with Gasteiger partial charge in [-0.1, -0.05) is 60.7 Å². The van der Waals surface area contributed by atoms with Gasteiger partial charge in [0.15, 0.2) is 5.65 Å². The van der Waals surface area contributed by atoms with Gasteiger partial charge in [0.2, 0.25) is 0 Å². The first-order valence-corrected chi connectivity index (χ1v) is 7.71. The van der Waals surface area contributed by atoms with Gasteiger partial charge in [0, 0.05) is 17.1 Å². The van der Waals surface area contributed by atoms with Crippen molar-refractivity contribution in [2.75, 3.05) is 0 Å². The Hall–Kier alpha value is -3.45. The van der Waals surface area contributed by atoms with E-state index in [4.69, 9.17) is 5.10 Å². The number of pyridine rings is 1. The summed E-state index contributed by atoms with van der Waals surface area (Å²) in [6.07, 6.45) is 1.60. The lowest BCUT2D eigenvalue weighted by atomic mass is 10.1. The van der Waals surface area contributed by atoms with Crippen LogP contribution in [0.3, 0.4) is 0 Å². The normalized spacial score (nSPS) is 10.6. The molecule has 0 N–H and O–H groups in total. The third-order valence-electron chi connectivity index (χ3n) is 3.94. The number of fused-ring (bicyclic) bond motifs is 1. The first kappa shape index (κ1) is 14.2. The molecule has 0 saturated heterocycles. The maximum absolute atomic E-state index is 9.18. The Balaban J connectivity index is 1.90. The highest BCUT2D eigenvalue weighted by Crippen LogP contribution is 2.27. The second kappa shape index (κ2) is 5.98. The lowest BCUT2D eigenvalue weighted by molar-refractivity contribution is 0.707. The quantitative estimate of drug-likeness (QED) is 0.574. The molecule has 4 rings (SSSR count). The zero-order chi connectivity index (χ0) is 16.4. The summed E-state index contributed by atoms with van der Waals surface area (Å²) in [6, 6.07) is 24.2. The second-order valence-electron chi connectivity index (χ2n) is 5.56. The number of hydrogen-bond acceptors (Lipinski definition) is 3. The SMILES string of the molecule is N#Cc1cnc2c(c1)c(-c1ccccc1)nn2Cc1ccccc1. The fourth-order valence-corrected chi connectivity index (χ4v) is 2.80. The fourth-order valence-electron chi connectivity index (χ4n) is 2.80. The monoisotopic (exact) mass is 310 g/mol. The molecule has 2 aromatic carbocycles. The Kier molecular flexibility index (Phi) is 3.53. The van der Waals surface area contributed by atoms with E-state index < -0.39 is 0 Å². The number of aromatic nitrogens is 3. The third-order valence-corrected chi connectivity index (χ3v) is 3.94. The molecular weight excluding hydrogens is 296 g/mol. The van der Waals surface area contributed by atoms with Crippen molar-refractivity contribution in [1.29, 1.82) is 5.26 Å². The van der Waals surface area contributed by atoms with Gasteiger partial charge in [-0.25, -0.2) is 9.67 Å². The average molecular weight is 310 g/mol. The molecule has 0 saturated carbocycles. The molecule has 2 aromatic heterocycles. The van der Waals surface area contributed by atoms with E-state index in [9.17, 15) is 5.26 Å². The summed E-state index contributed by atoms with van der Waals surface area (Å²) in [5.74, 6) is 0. The zero-order valence-corrected chi connectivity index (χ0v) is 12.9. The van der Waals surface area contributed by atoms with Crippen LogP contribution in [0.25, 0.3) is 22.3 Å². The topological polar surface area (TPSA) is 54.5 Å². The Morgan fingerprint density at radius 2 is 1.67 bits per heavy atom. The summed E-state index contributed by atoms with van der Waals surface area (Å²) in [5.41, 5.74) is 4.36. The van der Waals surface area contributed by atoms with Crippen LogP contribution in [-0.4, -0.2) is 14.8 Å². The third kappa shape index (κ3) is 2.53. The van der Waals surface area contributed by atoms with E-state index in [1.54, 1.807) is 6.20 Å². The molecule has 2 heterocycles. The highest BCUT2D eigenvalue weighted by atomic mass is 15.3. The minimum atomic E-state index is 0.541. The molecule has 0 radical (unpaired) electrons. The second-order valence-corrected chi connectivity index (χ2v) is 5.56. The van der Waals surface area contributed by atoms with Crippen LogP contribution in [0.2, 0.25) is 0 Å². The van der Waals surface area contributed by atoms with Crippen LogP contribution < -0.4 is 0 Å². The molecular formula is C20H14N4. The van der Waals surface area contributed by atoms with E-state index in [1.165, 1.54) is 0 Å². The van der Waals surface area contributed by atoms with Crippen LogP contribution in [0, 0.1) is 11.3 Å². The van der Waals surface area contributed by atoms with E-state index in [0.29, 0.717) is 12.1 Å². The van der Waals surface area contributed by atoms with Crippen molar-refractivity contribution in [2.45, 2.75) is 6.54 Å². The lowest BCUT2D eigenvalue weighted by Gasteiger charge is -2.02. The molecule has 0 aliphatic heterocycles. The van der Waals surface area contributed by atoms with Gasteiger partial charge in [0.25, 0.3) is 0 Å². The molecule has 0 aliphatic rings. The summed E-state index contributed by atoms with van der Waals surface area (Å²) < 4.78 is 1.90. The highest BCUT2D eigenvalue weighted by molar-refractivity contribution is 5.91. The van der Waals surface area contributed by atoms with Crippen molar-refractivity contribution in [1.82, 2.24) is 14.8 Å². The molecule has 114 valence electrons. The van der Waals surface area contributed by atoms with Crippen LogP contribution in [0.4, 0.5) is 0 Å². The highest BCUT2D eigenvalue weighted by Gasteiger charge is 2.14. The smallest absolute Gasteiger partial charge is 0.158 e. The molecule has 24 heavy (non-hydrogen) atoms. The minimum Gasteiger partial charge on any atom is -0.242 e. The van der Waals surface area contributed by atoms with Crippen LogP contribution >= 0.6 is 0 Å². The molecule has 0 amide bonds. The molecule has 0 fully saturated rings. The zero-order valence-electron chi connectivity index (χ0n) is 12.9. The predicted octanol–water partition coefficient (Wildman–Crippen LogP) is 4.02. The number of hydrogen-bond donors (Lipinski definition) is 0. The number of benzene rings is 2. The van der Waals surface area contributed by atoms with Crippen LogP contribution in [0.15, 0.2) is 72.9 Å². The Bertz CT molecular complexity index is 1030. The molecule has 0 aliphatic carbocycles. The number of nitrogens with zero attached hydrogens (tertiary/aromatic N) is 4. The molecule has 4 heteroatoms. The van der Waals surface area contributed by atoms with Gasteiger partial charge in [-0.3, -0.25) is 0 Å². The van der Waals surface area contributed by atoms with Gasteiger partial charge in [-0.15, -0.1) is 0 Å². The largest absolute Gasteiger partial charge is 0.242 e. The van der Waals surface area contributed by atoms with Crippen molar-refractivity contribution in [3.05, 3.63) is 84.1 Å². The van der Waals surface area contributed by atoms with E-state index in [0.717, 1.165) is 27.9 Å². The van der Waals surface area contributed by atoms with Gasteiger partial charge in [0.1, 0.15) is 11.8 Å². The molecule has 4 aromatic rings. The van der Waals surface area contributed by atoms with Crippen LogP contribution in [0.5, 0.6) is 0 Å². The molecule has 0 atom stereocenters. The van der Waals surface area contributed by atoms with Gasteiger partial charge in [-0.05, 0) is 11.6 Å². The molecule has 0 bridgehead atoms. The molecule has 4 nitrogen and oxygen atoms in total. The lowest BCUT2D eigenvalue weighted by Crippen LogP contribution is -2.02. The van der Waals surface area contributed by atoms with Crippen molar-refractivity contribution in [2.24, 2.45) is 0 Å². The Morgan fingerprint density at radius 1 is 0.958 bits per heavy atom. The predicted molar refractivity (Wildman–Crippen MR) is 93.2 cm³/mol. The number of nitriles is 1. The summed E-state index contributed by atoms with van der Waals surface area (Å²) in [5, 5.41) is 14.9. The minimum absolute atomic E-state index is 0.541. The average Bonchev–Trinajstić information content (AvgIpc) is 3.01. The van der Waals surface area contributed by atoms with Crippen molar-refractivity contribution in [3.8, 4) is 17.3 Å². The van der Waals surface area contributed by atoms with Gasteiger partial charge < -0.3 is 0 Å². The van der Waals surface area contributed by atoms with Crippen molar-refractivity contribution < 1.29 is 0 Å². The summed E-state index contributed by atoms with van der Waals surface area (Å²) >= 11 is 0. The van der Waals surface area contributed by atoms with Crippen molar-refractivity contribution in [3.63, 3.8) is 0 Å². The van der Waals surface area contributed by atoms with E-state index in [-0.39, 0.29) is 0 Å². The van der Waals surface area contributed by atoms with Gasteiger partial charge in [0.05, 0.1) is 12.1 Å². The van der Waals surface area contributed by atoms with Crippen LogP contribution in [0.1, 0.15) is 11.1 Å². The summed E-state index contributed by atoms with van der Waals surface area (Å²) in [7, 11) is 0. The van der Waals surface area contributed by atoms with E-state index in [2.05, 4.69) is 23.2 Å². The number of rotatable bonds is 3. The maximum atomic E-state index is 9.18. The standard InChI is InChI=1S/C20H14N4/c21-12-16-11-18-19(17-9-5-2-6-10-17)23-24(20(18)22-13-16)14-15-7-3-1-4-8-15/h1-11,13H,14H2. The van der Waals surface area contributed by atoms with Crippen LogP contribution in [-0.2, 0) is 6.54 Å². The molecule has 0 unspecified atom stereocenters. The first-order valence-electron chi connectivity index (χ1n) is 7.71. The first-order chi connectivity index (χ1) is 11.8. The van der Waals surface area contributed by atoms with Crippen molar-refractivity contribution >= 4 is 11.0 Å². The van der Waals surface area contributed by atoms with E-state index >= 15 is 0 Å². The molecule has 0 spiro atoms. The Labute approximate surface area is 139 Å². The van der Waals surface area contributed by atoms with Gasteiger partial charge in [-0.2, -0.15) is 10.4 Å².